The van der Waals surface area contributed by atoms with Gasteiger partial charge in [-0.25, -0.2) is 0 Å². The van der Waals surface area contributed by atoms with Crippen LogP contribution in [0.2, 0.25) is 0 Å². The molecule has 1 aliphatic heterocycles. The predicted molar refractivity (Wildman–Crippen MR) is 80.9 cm³/mol. The maximum absolute atomic E-state index is 12.3. The molecule has 21 heavy (non-hydrogen) atoms. The smallest absolute Gasteiger partial charge is 0.310 e. The van der Waals surface area contributed by atoms with Gasteiger partial charge in [-0.05, 0) is 48.6 Å². The highest BCUT2D eigenvalue weighted by Gasteiger charge is 2.59. The van der Waals surface area contributed by atoms with E-state index in [1.165, 1.54) is 31.1 Å². The first-order chi connectivity index (χ1) is 10.3. The van der Waals surface area contributed by atoms with E-state index < -0.39 is 0 Å². The van der Waals surface area contributed by atoms with E-state index in [1.807, 2.05) is 0 Å². The Kier molecular flexibility index (Phi) is 3.07. The summed E-state index contributed by atoms with van der Waals surface area (Å²) < 4.78 is 5.13. The Hall–Kier alpha value is -1.35. The van der Waals surface area contributed by atoms with Crippen molar-refractivity contribution in [2.45, 2.75) is 25.7 Å². The first kappa shape index (κ1) is 13.3. The van der Waals surface area contributed by atoms with Crippen molar-refractivity contribution in [1.82, 2.24) is 5.32 Å². The molecule has 112 valence electrons. The Morgan fingerprint density at radius 3 is 2.38 bits per heavy atom. The van der Waals surface area contributed by atoms with Gasteiger partial charge in [0.05, 0.1) is 13.0 Å². The number of carbonyl (C=O) groups is 1. The van der Waals surface area contributed by atoms with Gasteiger partial charge in [0.15, 0.2) is 0 Å². The number of carbonyl (C=O) groups excluding carboxylic acids is 1. The van der Waals surface area contributed by atoms with Crippen LogP contribution >= 0.6 is 0 Å². The second-order valence-electron chi connectivity index (χ2n) is 6.97. The molecule has 3 atom stereocenters. The summed E-state index contributed by atoms with van der Waals surface area (Å²) in [6.07, 6.45) is 4.77. The third kappa shape index (κ3) is 1.80. The van der Waals surface area contributed by atoms with Crippen molar-refractivity contribution in [3.05, 3.63) is 35.4 Å². The molecule has 0 aromatic heterocycles. The number of fused-ring (bicyclic) bond motifs is 1. The number of hydrogen-bond donors (Lipinski definition) is 1. The van der Waals surface area contributed by atoms with E-state index in [1.54, 1.807) is 0 Å². The van der Waals surface area contributed by atoms with Gasteiger partial charge in [-0.3, -0.25) is 4.79 Å². The quantitative estimate of drug-likeness (QED) is 0.804. The second kappa shape index (κ2) is 4.84. The fourth-order valence-corrected chi connectivity index (χ4v) is 5.39. The van der Waals surface area contributed by atoms with E-state index in [-0.39, 0.29) is 17.3 Å². The summed E-state index contributed by atoms with van der Waals surface area (Å²) >= 11 is 0. The van der Waals surface area contributed by atoms with Crippen molar-refractivity contribution < 1.29 is 9.53 Å². The van der Waals surface area contributed by atoms with E-state index in [2.05, 4.69) is 29.6 Å². The Morgan fingerprint density at radius 1 is 1.19 bits per heavy atom. The van der Waals surface area contributed by atoms with Crippen LogP contribution in [0.4, 0.5) is 0 Å². The molecule has 2 fully saturated rings. The van der Waals surface area contributed by atoms with Crippen LogP contribution < -0.4 is 5.32 Å². The molecule has 0 amide bonds. The van der Waals surface area contributed by atoms with Gasteiger partial charge in [0, 0.05) is 18.5 Å². The van der Waals surface area contributed by atoms with Gasteiger partial charge >= 0.3 is 5.97 Å². The van der Waals surface area contributed by atoms with E-state index in [0.29, 0.717) is 11.8 Å². The minimum Gasteiger partial charge on any atom is -0.469 e. The van der Waals surface area contributed by atoms with Gasteiger partial charge in [0.2, 0.25) is 0 Å². The van der Waals surface area contributed by atoms with Crippen molar-refractivity contribution >= 4 is 5.97 Å². The highest BCUT2D eigenvalue weighted by molar-refractivity contribution is 5.74. The van der Waals surface area contributed by atoms with Gasteiger partial charge in [0.25, 0.3) is 0 Å². The average Bonchev–Trinajstić information content (AvgIpc) is 3.02. The van der Waals surface area contributed by atoms with Gasteiger partial charge in [0.1, 0.15) is 0 Å². The fraction of sp³-hybridized carbons (Fsp3) is 0.611. The first-order valence-corrected chi connectivity index (χ1v) is 8.11. The molecule has 3 aliphatic rings. The molecule has 2 aliphatic carbocycles. The number of hydrogen-bond acceptors (Lipinski definition) is 3. The van der Waals surface area contributed by atoms with Crippen molar-refractivity contribution in [3.63, 3.8) is 0 Å². The molecule has 0 radical (unpaired) electrons. The standard InChI is InChI=1S/C18H23NO2/c1-21-17(20)16-10-19-11-18(16)14-6-7-15(18)9-13-5-3-2-4-12(13)8-14/h2-5,14-16,19H,6-11H2,1H3. The van der Waals surface area contributed by atoms with Crippen LogP contribution in [0, 0.1) is 23.2 Å². The average molecular weight is 285 g/mol. The Balaban J connectivity index is 1.76. The maximum atomic E-state index is 12.3. The highest BCUT2D eigenvalue weighted by Crippen LogP contribution is 2.58. The van der Waals surface area contributed by atoms with Crippen LogP contribution in [-0.2, 0) is 22.4 Å². The van der Waals surface area contributed by atoms with E-state index in [4.69, 9.17) is 4.74 Å². The lowest BCUT2D eigenvalue weighted by Gasteiger charge is -2.38. The molecule has 1 saturated carbocycles. The van der Waals surface area contributed by atoms with Gasteiger partial charge in [-0.15, -0.1) is 0 Å². The Morgan fingerprint density at radius 2 is 1.81 bits per heavy atom. The fourth-order valence-electron chi connectivity index (χ4n) is 5.39. The summed E-state index contributed by atoms with van der Waals surface area (Å²) in [5.41, 5.74) is 3.12. The van der Waals surface area contributed by atoms with Crippen LogP contribution in [0.15, 0.2) is 24.3 Å². The van der Waals surface area contributed by atoms with E-state index >= 15 is 0 Å². The number of esters is 1. The summed E-state index contributed by atoms with van der Waals surface area (Å²) in [6, 6.07) is 8.85. The summed E-state index contributed by atoms with van der Waals surface area (Å²) in [5.74, 6) is 1.26. The van der Waals surface area contributed by atoms with Crippen LogP contribution in [0.3, 0.4) is 0 Å². The number of nitrogens with one attached hydrogen (secondary N) is 1. The molecule has 1 saturated heterocycles. The molecule has 1 spiro atoms. The monoisotopic (exact) mass is 285 g/mol. The molecule has 1 aromatic carbocycles. The molecule has 3 nitrogen and oxygen atoms in total. The van der Waals surface area contributed by atoms with Crippen LogP contribution in [0.1, 0.15) is 24.0 Å². The zero-order valence-electron chi connectivity index (χ0n) is 12.6. The molecule has 4 rings (SSSR count). The Bertz CT molecular complexity index is 535. The molecule has 2 bridgehead atoms. The van der Waals surface area contributed by atoms with Gasteiger partial charge in [-0.1, -0.05) is 24.3 Å². The number of methoxy groups -OCH3 is 1. The van der Waals surface area contributed by atoms with Crippen molar-refractivity contribution in [3.8, 4) is 0 Å². The molecule has 1 N–H and O–H groups in total. The topological polar surface area (TPSA) is 38.3 Å². The summed E-state index contributed by atoms with van der Waals surface area (Å²) in [4.78, 5) is 12.3. The molecular weight excluding hydrogens is 262 g/mol. The molecule has 1 aromatic rings. The normalized spacial score (nSPS) is 37.3. The van der Waals surface area contributed by atoms with E-state index in [9.17, 15) is 4.79 Å². The minimum absolute atomic E-state index is 0.0112. The van der Waals surface area contributed by atoms with Gasteiger partial charge < -0.3 is 10.1 Å². The Labute approximate surface area is 126 Å². The predicted octanol–water partition coefficient (Wildman–Crippen LogP) is 2.19. The molecular formula is C18H23NO2. The van der Waals surface area contributed by atoms with Crippen LogP contribution in [0.25, 0.3) is 0 Å². The van der Waals surface area contributed by atoms with Crippen molar-refractivity contribution in [2.75, 3.05) is 20.2 Å². The molecule has 3 heteroatoms. The van der Waals surface area contributed by atoms with E-state index in [0.717, 1.165) is 25.9 Å². The van der Waals surface area contributed by atoms with Crippen LogP contribution in [0.5, 0.6) is 0 Å². The highest BCUT2D eigenvalue weighted by atomic mass is 16.5. The summed E-state index contributed by atoms with van der Waals surface area (Å²) in [5, 5.41) is 3.50. The third-order valence-corrected chi connectivity index (χ3v) is 6.35. The lowest BCUT2D eigenvalue weighted by atomic mass is 9.64. The second-order valence-corrected chi connectivity index (χ2v) is 6.97. The number of rotatable bonds is 1. The SMILES string of the molecule is COC(=O)C1CNCC12C1CCC2Cc2ccccc2C1. The van der Waals surface area contributed by atoms with Crippen LogP contribution in [-0.4, -0.2) is 26.2 Å². The van der Waals surface area contributed by atoms with Crippen molar-refractivity contribution in [1.29, 1.82) is 0 Å². The lowest BCUT2D eigenvalue weighted by molar-refractivity contribution is -0.150. The number of benzene rings is 1. The number of ether oxygens (including phenoxy) is 1. The molecule has 3 unspecified atom stereocenters. The lowest BCUT2D eigenvalue weighted by Crippen LogP contribution is -2.44. The summed E-state index contributed by atoms with van der Waals surface area (Å²) in [7, 11) is 1.53. The zero-order chi connectivity index (χ0) is 14.4. The molecule has 1 heterocycles. The largest absolute Gasteiger partial charge is 0.469 e. The third-order valence-electron chi connectivity index (χ3n) is 6.35. The first-order valence-electron chi connectivity index (χ1n) is 8.11. The minimum atomic E-state index is -0.0112. The summed E-state index contributed by atoms with van der Waals surface area (Å²) in [6.45, 7) is 1.77. The van der Waals surface area contributed by atoms with Gasteiger partial charge in [-0.2, -0.15) is 0 Å². The zero-order valence-corrected chi connectivity index (χ0v) is 12.6. The van der Waals surface area contributed by atoms with Crippen molar-refractivity contribution in [2.24, 2.45) is 23.2 Å². The maximum Gasteiger partial charge on any atom is 0.310 e.